The molecule has 0 bridgehead atoms. The van der Waals surface area contributed by atoms with Crippen LogP contribution in [0.15, 0.2) is 0 Å². The van der Waals surface area contributed by atoms with Gasteiger partial charge in [0.15, 0.2) is 0 Å². The van der Waals surface area contributed by atoms with Crippen LogP contribution < -0.4 is 0 Å². The van der Waals surface area contributed by atoms with Crippen LogP contribution in [-0.4, -0.2) is 5.71 Å². The zero-order valence-electron chi connectivity index (χ0n) is 15.0. The fourth-order valence-electron chi connectivity index (χ4n) is 7.88. The molecule has 1 heteroatoms. The summed E-state index contributed by atoms with van der Waals surface area (Å²) in [7, 11) is 0. The van der Waals surface area contributed by atoms with Crippen LogP contribution in [0.4, 0.5) is 0 Å². The van der Waals surface area contributed by atoms with E-state index in [9.17, 15) is 0 Å². The molecule has 0 saturated heterocycles. The molecular formula is C21H35N. The van der Waals surface area contributed by atoms with Gasteiger partial charge in [0.05, 0.1) is 0 Å². The summed E-state index contributed by atoms with van der Waals surface area (Å²) in [6.07, 6.45) is 14.1. The van der Waals surface area contributed by atoms with Gasteiger partial charge < -0.3 is 5.41 Å². The van der Waals surface area contributed by atoms with Gasteiger partial charge in [0.2, 0.25) is 0 Å². The van der Waals surface area contributed by atoms with Crippen molar-refractivity contribution >= 4 is 5.71 Å². The third-order valence-electron chi connectivity index (χ3n) is 9.06. The van der Waals surface area contributed by atoms with Gasteiger partial charge in [-0.2, -0.15) is 0 Å². The van der Waals surface area contributed by atoms with Gasteiger partial charge in [0.1, 0.15) is 0 Å². The van der Waals surface area contributed by atoms with E-state index in [0.717, 1.165) is 35.8 Å². The van der Waals surface area contributed by atoms with Gasteiger partial charge in [-0.05, 0) is 79.4 Å². The molecule has 0 amide bonds. The summed E-state index contributed by atoms with van der Waals surface area (Å²) in [5, 5.41) is 8.75. The highest BCUT2D eigenvalue weighted by atomic mass is 14.7. The van der Waals surface area contributed by atoms with Gasteiger partial charge in [-0.15, -0.1) is 0 Å². The van der Waals surface area contributed by atoms with E-state index in [4.69, 9.17) is 5.41 Å². The Kier molecular flexibility index (Phi) is 3.51. The van der Waals surface area contributed by atoms with E-state index in [1.165, 1.54) is 57.8 Å². The van der Waals surface area contributed by atoms with Gasteiger partial charge >= 0.3 is 0 Å². The Balaban J connectivity index is 1.67. The second kappa shape index (κ2) is 5.08. The van der Waals surface area contributed by atoms with Crippen molar-refractivity contribution in [1.82, 2.24) is 0 Å². The van der Waals surface area contributed by atoms with Crippen molar-refractivity contribution in [3.05, 3.63) is 0 Å². The molecule has 0 radical (unpaired) electrons. The number of rotatable bonds is 1. The van der Waals surface area contributed by atoms with Crippen LogP contribution in [0.5, 0.6) is 0 Å². The lowest BCUT2D eigenvalue weighted by atomic mass is 9.44. The van der Waals surface area contributed by atoms with Crippen LogP contribution >= 0.6 is 0 Å². The van der Waals surface area contributed by atoms with Crippen molar-refractivity contribution in [1.29, 1.82) is 5.41 Å². The average Bonchev–Trinajstić information content (AvgIpc) is 2.77. The number of hydrogen-bond donors (Lipinski definition) is 1. The molecule has 4 aliphatic rings. The molecule has 0 heterocycles. The molecule has 0 aromatic carbocycles. The Labute approximate surface area is 137 Å². The molecule has 4 fully saturated rings. The van der Waals surface area contributed by atoms with Gasteiger partial charge in [-0.3, -0.25) is 0 Å². The molecule has 4 rings (SSSR count). The number of fused-ring (bicyclic) bond motifs is 5. The molecule has 0 aromatic rings. The summed E-state index contributed by atoms with van der Waals surface area (Å²) in [6, 6.07) is 0. The number of nitrogens with one attached hydrogen (secondary N) is 1. The third kappa shape index (κ3) is 1.86. The first-order chi connectivity index (χ1) is 10.5. The molecule has 4 saturated carbocycles. The topological polar surface area (TPSA) is 23.9 Å². The minimum absolute atomic E-state index is 0.463. The SMILES string of the molecule is CC[C@H]1CC(=N)[C@H]2[C@@H]3CCC4CCCC[C@]4(C)[C@H]3CC[C@]12C. The molecule has 7 atom stereocenters. The van der Waals surface area contributed by atoms with Crippen molar-refractivity contribution in [3.63, 3.8) is 0 Å². The first-order valence-corrected chi connectivity index (χ1v) is 10.1. The van der Waals surface area contributed by atoms with Crippen LogP contribution in [0.2, 0.25) is 0 Å². The van der Waals surface area contributed by atoms with E-state index in [-0.39, 0.29) is 0 Å². The van der Waals surface area contributed by atoms with Gasteiger partial charge in [0, 0.05) is 11.6 Å². The Bertz CT molecular complexity index is 469. The average molecular weight is 302 g/mol. The monoisotopic (exact) mass is 301 g/mol. The molecule has 0 aliphatic heterocycles. The maximum Gasteiger partial charge on any atom is 0.0131 e. The Morgan fingerprint density at radius 1 is 1.00 bits per heavy atom. The van der Waals surface area contributed by atoms with Crippen molar-refractivity contribution in [2.75, 3.05) is 0 Å². The van der Waals surface area contributed by atoms with Gasteiger partial charge in [0.25, 0.3) is 0 Å². The lowest BCUT2D eigenvalue weighted by molar-refractivity contribution is -0.0997. The normalized spacial score (nSPS) is 54.5. The lowest BCUT2D eigenvalue weighted by Crippen LogP contribution is -2.53. The summed E-state index contributed by atoms with van der Waals surface area (Å²) < 4.78 is 0. The largest absolute Gasteiger partial charge is 0.309 e. The molecule has 4 aliphatic carbocycles. The Morgan fingerprint density at radius 3 is 2.59 bits per heavy atom. The molecule has 22 heavy (non-hydrogen) atoms. The maximum absolute atomic E-state index is 8.75. The highest BCUT2D eigenvalue weighted by molar-refractivity contribution is 5.87. The van der Waals surface area contributed by atoms with Crippen LogP contribution in [0, 0.1) is 45.8 Å². The first-order valence-electron chi connectivity index (χ1n) is 10.1. The van der Waals surface area contributed by atoms with Crippen molar-refractivity contribution in [3.8, 4) is 0 Å². The van der Waals surface area contributed by atoms with Crippen LogP contribution in [0.1, 0.15) is 85.0 Å². The molecule has 0 aromatic heterocycles. The van der Waals surface area contributed by atoms with Gasteiger partial charge in [-0.1, -0.05) is 40.0 Å². The van der Waals surface area contributed by atoms with E-state index < -0.39 is 0 Å². The van der Waals surface area contributed by atoms with Gasteiger partial charge in [-0.25, -0.2) is 0 Å². The Hall–Kier alpha value is -0.330. The van der Waals surface area contributed by atoms with Crippen molar-refractivity contribution in [2.45, 2.75) is 85.0 Å². The summed E-state index contributed by atoms with van der Waals surface area (Å²) >= 11 is 0. The van der Waals surface area contributed by atoms with E-state index in [2.05, 4.69) is 20.8 Å². The van der Waals surface area contributed by atoms with E-state index in [1.54, 1.807) is 0 Å². The molecular weight excluding hydrogens is 266 g/mol. The third-order valence-corrected chi connectivity index (χ3v) is 9.06. The molecule has 1 nitrogen and oxygen atoms in total. The standard InChI is InChI=1S/C21H35N/c1-4-14-13-18(22)19-16-9-8-15-7-5-6-11-20(15,2)17(16)10-12-21(14,19)3/h14-17,19,22H,4-13H2,1-3H3/t14-,15?,16+,17-,19+,20-,21+/m0/s1. The smallest absolute Gasteiger partial charge is 0.0131 e. The molecule has 1 unspecified atom stereocenters. The zero-order valence-corrected chi connectivity index (χ0v) is 15.0. The highest BCUT2D eigenvalue weighted by Crippen LogP contribution is 2.66. The fourth-order valence-corrected chi connectivity index (χ4v) is 7.88. The predicted molar refractivity (Wildman–Crippen MR) is 93.2 cm³/mol. The molecule has 1 N–H and O–H groups in total. The van der Waals surface area contributed by atoms with Crippen molar-refractivity contribution in [2.24, 2.45) is 40.4 Å². The number of hydrogen-bond acceptors (Lipinski definition) is 1. The van der Waals surface area contributed by atoms with Crippen molar-refractivity contribution < 1.29 is 0 Å². The summed E-state index contributed by atoms with van der Waals surface area (Å²) in [6.45, 7) is 7.56. The fraction of sp³-hybridized carbons (Fsp3) is 0.952. The van der Waals surface area contributed by atoms with E-state index in [1.807, 2.05) is 0 Å². The summed E-state index contributed by atoms with van der Waals surface area (Å²) in [5.74, 6) is 4.21. The van der Waals surface area contributed by atoms with E-state index in [0.29, 0.717) is 16.7 Å². The molecule has 124 valence electrons. The minimum Gasteiger partial charge on any atom is -0.309 e. The predicted octanol–water partition coefficient (Wildman–Crippen LogP) is 6.08. The van der Waals surface area contributed by atoms with Crippen LogP contribution in [0.25, 0.3) is 0 Å². The van der Waals surface area contributed by atoms with Crippen LogP contribution in [0.3, 0.4) is 0 Å². The second-order valence-corrected chi connectivity index (χ2v) is 9.65. The minimum atomic E-state index is 0.463. The molecule has 0 spiro atoms. The highest BCUT2D eigenvalue weighted by Gasteiger charge is 2.60. The lowest BCUT2D eigenvalue weighted by Gasteiger charge is -2.60. The van der Waals surface area contributed by atoms with Crippen LogP contribution in [-0.2, 0) is 0 Å². The second-order valence-electron chi connectivity index (χ2n) is 9.65. The summed E-state index contributed by atoms with van der Waals surface area (Å²) in [5.41, 5.74) is 2.22. The summed E-state index contributed by atoms with van der Waals surface area (Å²) in [4.78, 5) is 0. The zero-order chi connectivity index (χ0) is 15.5. The maximum atomic E-state index is 8.75. The Morgan fingerprint density at radius 2 is 1.82 bits per heavy atom. The quantitative estimate of drug-likeness (QED) is 0.607. The first kappa shape index (κ1) is 15.2. The van der Waals surface area contributed by atoms with E-state index >= 15 is 0 Å².